The maximum absolute atomic E-state index is 11.4. The predicted octanol–water partition coefficient (Wildman–Crippen LogP) is 3.54. The number of carbonyl (C=O) groups is 1. The highest BCUT2D eigenvalue weighted by molar-refractivity contribution is 7.21. The predicted molar refractivity (Wildman–Crippen MR) is 75.1 cm³/mol. The van der Waals surface area contributed by atoms with E-state index >= 15 is 0 Å². The lowest BCUT2D eigenvalue weighted by molar-refractivity contribution is -0.142. The van der Waals surface area contributed by atoms with E-state index in [0.717, 1.165) is 17.1 Å². The van der Waals surface area contributed by atoms with Gasteiger partial charge in [-0.2, -0.15) is 0 Å². The SMILES string of the molecule is CCOC(=O)Cc1csc(-c2ccc(CC)s2)n1. The maximum atomic E-state index is 11.4. The van der Waals surface area contributed by atoms with Gasteiger partial charge in [0.15, 0.2) is 0 Å². The average molecular weight is 281 g/mol. The summed E-state index contributed by atoms with van der Waals surface area (Å²) in [6, 6.07) is 4.23. The second-order valence-corrected chi connectivity index (χ2v) is 5.77. The van der Waals surface area contributed by atoms with Crippen LogP contribution < -0.4 is 0 Å². The molecule has 2 aromatic rings. The number of nitrogens with zero attached hydrogens (tertiary/aromatic N) is 1. The van der Waals surface area contributed by atoms with Gasteiger partial charge >= 0.3 is 5.97 Å². The zero-order chi connectivity index (χ0) is 13.0. The van der Waals surface area contributed by atoms with E-state index in [1.54, 1.807) is 22.7 Å². The van der Waals surface area contributed by atoms with Crippen molar-refractivity contribution in [3.8, 4) is 9.88 Å². The Morgan fingerprint density at radius 2 is 2.22 bits per heavy atom. The standard InChI is InChI=1S/C13H15NO2S2/c1-3-10-5-6-11(18-10)13-14-9(8-17-13)7-12(15)16-4-2/h5-6,8H,3-4,7H2,1-2H3. The summed E-state index contributed by atoms with van der Waals surface area (Å²) in [6.07, 6.45) is 1.31. The molecule has 0 aromatic carbocycles. The van der Waals surface area contributed by atoms with E-state index in [1.165, 1.54) is 9.75 Å². The first kappa shape index (κ1) is 13.2. The molecular formula is C13H15NO2S2. The molecule has 0 fully saturated rings. The van der Waals surface area contributed by atoms with Crippen molar-refractivity contribution in [3.63, 3.8) is 0 Å². The molecular weight excluding hydrogens is 266 g/mol. The molecule has 3 nitrogen and oxygen atoms in total. The first-order valence-electron chi connectivity index (χ1n) is 5.92. The first-order valence-corrected chi connectivity index (χ1v) is 7.61. The summed E-state index contributed by atoms with van der Waals surface area (Å²) in [5, 5.41) is 2.91. The number of thiazole rings is 1. The molecule has 2 heterocycles. The van der Waals surface area contributed by atoms with Gasteiger partial charge in [-0.3, -0.25) is 4.79 Å². The molecule has 96 valence electrons. The zero-order valence-corrected chi connectivity index (χ0v) is 12.1. The molecule has 2 rings (SSSR count). The van der Waals surface area contributed by atoms with Gasteiger partial charge in [0.1, 0.15) is 5.01 Å². The summed E-state index contributed by atoms with van der Waals surface area (Å²) in [6.45, 7) is 4.37. The molecule has 0 aliphatic heterocycles. The Bertz CT molecular complexity index is 531. The van der Waals surface area contributed by atoms with Crippen molar-refractivity contribution in [2.75, 3.05) is 6.61 Å². The number of esters is 1. The smallest absolute Gasteiger partial charge is 0.311 e. The van der Waals surface area contributed by atoms with Crippen LogP contribution >= 0.6 is 22.7 Å². The summed E-state index contributed by atoms with van der Waals surface area (Å²) < 4.78 is 4.91. The monoisotopic (exact) mass is 281 g/mol. The highest BCUT2D eigenvalue weighted by Crippen LogP contribution is 2.30. The lowest BCUT2D eigenvalue weighted by Gasteiger charge is -1.97. The molecule has 0 bridgehead atoms. The van der Waals surface area contributed by atoms with Crippen molar-refractivity contribution in [3.05, 3.63) is 28.1 Å². The van der Waals surface area contributed by atoms with E-state index in [2.05, 4.69) is 24.0 Å². The van der Waals surface area contributed by atoms with Gasteiger partial charge in [-0.15, -0.1) is 22.7 Å². The fourth-order valence-corrected chi connectivity index (χ4v) is 3.38. The average Bonchev–Trinajstić information content (AvgIpc) is 2.96. The van der Waals surface area contributed by atoms with Gasteiger partial charge in [0.2, 0.25) is 0 Å². The molecule has 5 heteroatoms. The third-order valence-corrected chi connectivity index (χ3v) is 4.69. The number of carbonyl (C=O) groups excluding carboxylic acids is 1. The van der Waals surface area contributed by atoms with E-state index in [1.807, 2.05) is 12.3 Å². The summed E-state index contributed by atoms with van der Waals surface area (Å²) in [7, 11) is 0. The molecule has 0 N–H and O–H groups in total. The largest absolute Gasteiger partial charge is 0.466 e. The van der Waals surface area contributed by atoms with Crippen LogP contribution in [0.1, 0.15) is 24.4 Å². The lowest BCUT2D eigenvalue weighted by atomic mass is 10.3. The van der Waals surface area contributed by atoms with Crippen LogP contribution in [0.25, 0.3) is 9.88 Å². The quantitative estimate of drug-likeness (QED) is 0.787. The minimum absolute atomic E-state index is 0.213. The Balaban J connectivity index is 2.07. The Kier molecular flexibility index (Phi) is 4.49. The van der Waals surface area contributed by atoms with Crippen molar-refractivity contribution in [2.45, 2.75) is 26.7 Å². The van der Waals surface area contributed by atoms with Crippen LogP contribution in [0, 0.1) is 0 Å². The second-order valence-electron chi connectivity index (χ2n) is 3.75. The third-order valence-electron chi connectivity index (χ3n) is 2.40. The van der Waals surface area contributed by atoms with Crippen molar-refractivity contribution in [1.82, 2.24) is 4.98 Å². The van der Waals surface area contributed by atoms with Crippen LogP contribution in [0.15, 0.2) is 17.5 Å². The van der Waals surface area contributed by atoms with Crippen LogP contribution in [0.2, 0.25) is 0 Å². The summed E-state index contributed by atoms with van der Waals surface area (Å²) in [4.78, 5) is 18.4. The topological polar surface area (TPSA) is 39.2 Å². The second kappa shape index (κ2) is 6.11. The summed E-state index contributed by atoms with van der Waals surface area (Å²) in [5.41, 5.74) is 0.792. The van der Waals surface area contributed by atoms with E-state index in [-0.39, 0.29) is 12.4 Å². The molecule has 0 radical (unpaired) electrons. The van der Waals surface area contributed by atoms with Crippen molar-refractivity contribution >= 4 is 28.6 Å². The fourth-order valence-electron chi connectivity index (χ4n) is 1.54. The number of thiophene rings is 1. The zero-order valence-electron chi connectivity index (χ0n) is 10.4. The Morgan fingerprint density at radius 1 is 1.39 bits per heavy atom. The normalized spacial score (nSPS) is 10.6. The molecule has 0 amide bonds. The molecule has 18 heavy (non-hydrogen) atoms. The Labute approximate surface area is 114 Å². The van der Waals surface area contributed by atoms with Crippen molar-refractivity contribution in [2.24, 2.45) is 0 Å². The van der Waals surface area contributed by atoms with Crippen LogP contribution in [-0.2, 0) is 22.4 Å². The van der Waals surface area contributed by atoms with Gasteiger partial charge < -0.3 is 4.74 Å². The number of aryl methyl sites for hydroxylation is 1. The molecule has 0 aliphatic rings. The number of hydrogen-bond donors (Lipinski definition) is 0. The third kappa shape index (κ3) is 3.17. The van der Waals surface area contributed by atoms with Gasteiger partial charge in [0, 0.05) is 10.3 Å². The molecule has 0 aliphatic carbocycles. The number of rotatable bonds is 5. The van der Waals surface area contributed by atoms with Crippen LogP contribution in [0.4, 0.5) is 0 Å². The molecule has 0 spiro atoms. The number of aromatic nitrogens is 1. The highest BCUT2D eigenvalue weighted by atomic mass is 32.1. The lowest BCUT2D eigenvalue weighted by Crippen LogP contribution is -2.07. The molecule has 0 unspecified atom stereocenters. The summed E-state index contributed by atoms with van der Waals surface area (Å²) >= 11 is 3.34. The van der Waals surface area contributed by atoms with Crippen LogP contribution in [-0.4, -0.2) is 17.6 Å². The van der Waals surface area contributed by atoms with Crippen molar-refractivity contribution < 1.29 is 9.53 Å². The molecule has 0 atom stereocenters. The number of ether oxygens (including phenoxy) is 1. The van der Waals surface area contributed by atoms with Gasteiger partial charge in [0.05, 0.1) is 23.6 Å². The van der Waals surface area contributed by atoms with Gasteiger partial charge in [0.25, 0.3) is 0 Å². The Hall–Kier alpha value is -1.20. The molecule has 0 saturated heterocycles. The molecule has 0 saturated carbocycles. The minimum atomic E-state index is -0.213. The van der Waals surface area contributed by atoms with E-state index in [4.69, 9.17) is 4.74 Å². The van der Waals surface area contributed by atoms with Gasteiger partial charge in [-0.05, 0) is 25.5 Å². The van der Waals surface area contributed by atoms with Crippen molar-refractivity contribution in [1.29, 1.82) is 0 Å². The van der Waals surface area contributed by atoms with Crippen LogP contribution in [0.5, 0.6) is 0 Å². The Morgan fingerprint density at radius 3 is 2.89 bits per heavy atom. The van der Waals surface area contributed by atoms with E-state index in [9.17, 15) is 4.79 Å². The number of hydrogen-bond acceptors (Lipinski definition) is 5. The maximum Gasteiger partial charge on any atom is 0.311 e. The van der Waals surface area contributed by atoms with Crippen LogP contribution in [0.3, 0.4) is 0 Å². The summed E-state index contributed by atoms with van der Waals surface area (Å²) in [5.74, 6) is -0.213. The fraction of sp³-hybridized carbons (Fsp3) is 0.385. The highest BCUT2D eigenvalue weighted by Gasteiger charge is 2.10. The van der Waals surface area contributed by atoms with E-state index < -0.39 is 0 Å². The van der Waals surface area contributed by atoms with Gasteiger partial charge in [-0.25, -0.2) is 4.98 Å². The van der Waals surface area contributed by atoms with E-state index in [0.29, 0.717) is 6.61 Å². The minimum Gasteiger partial charge on any atom is -0.466 e. The van der Waals surface area contributed by atoms with Gasteiger partial charge in [-0.1, -0.05) is 6.92 Å². The first-order chi connectivity index (χ1) is 8.72. The molecule has 2 aromatic heterocycles.